The fourth-order valence-corrected chi connectivity index (χ4v) is 1.13. The summed E-state index contributed by atoms with van der Waals surface area (Å²) in [6, 6.07) is 8.41. The Morgan fingerprint density at radius 2 is 1.62 bits per heavy atom. The molecule has 40 valence electrons. The Kier molecular flexibility index (Phi) is 2.13. The maximum Gasteiger partial charge on any atom is 0.258 e. The number of halogens is 1. The topological polar surface area (TPSA) is 0 Å². The maximum atomic E-state index is 3.36. The van der Waals surface area contributed by atoms with E-state index in [9.17, 15) is 0 Å². The van der Waals surface area contributed by atoms with Gasteiger partial charge in [0.1, 0.15) is 0 Å². The van der Waals surface area contributed by atoms with Gasteiger partial charge in [0.05, 0.1) is 0 Å². The monoisotopic (exact) mass is 184 g/mol. The van der Waals surface area contributed by atoms with Gasteiger partial charge in [-0.3, -0.25) is 0 Å². The third-order valence-corrected chi connectivity index (χ3v) is 2.21. The molecule has 0 spiro atoms. The van der Waals surface area contributed by atoms with E-state index < -0.39 is 0 Å². The molecule has 0 bridgehead atoms. The lowest BCUT2D eigenvalue weighted by atomic mass is 10.4. The minimum absolute atomic E-state index is 1.15. The standard InChI is InChI=1S/C6H4Br.Al.2H/c7-6-4-2-1-3-5-6;;;/h2-5H;;;. The normalized spacial score (nSPS) is 9.12. The van der Waals surface area contributed by atoms with E-state index in [-0.39, 0.29) is 0 Å². The van der Waals surface area contributed by atoms with Gasteiger partial charge in [-0.1, -0.05) is 28.1 Å². The maximum absolute atomic E-state index is 3.36. The molecule has 0 nitrogen and oxygen atoms in total. The Hall–Kier alpha value is 0.232. The summed E-state index contributed by atoms with van der Waals surface area (Å²) in [6.45, 7) is 0. The molecule has 0 amide bonds. The Morgan fingerprint density at radius 3 is 2.00 bits per heavy atom. The number of rotatable bonds is 0. The highest BCUT2D eigenvalue weighted by atomic mass is 79.9. The fourth-order valence-electron chi connectivity index (χ4n) is 0.533. The van der Waals surface area contributed by atoms with E-state index in [0.29, 0.717) is 0 Å². The molecule has 0 N–H and O–H groups in total. The van der Waals surface area contributed by atoms with Crippen molar-refractivity contribution in [2.75, 3.05) is 0 Å². The molecule has 0 saturated heterocycles. The van der Waals surface area contributed by atoms with Crippen molar-refractivity contribution in [1.82, 2.24) is 0 Å². The molecule has 0 fully saturated rings. The zero-order valence-corrected chi connectivity index (χ0v) is 8.27. The second-order valence-electron chi connectivity index (χ2n) is 1.80. The van der Waals surface area contributed by atoms with Crippen molar-refractivity contribution in [3.63, 3.8) is 0 Å². The largest absolute Gasteiger partial charge is 0.258 e. The predicted octanol–water partition coefficient (Wildman–Crippen LogP) is 0.708. The van der Waals surface area contributed by atoms with E-state index in [0.717, 1.165) is 20.8 Å². The van der Waals surface area contributed by atoms with Gasteiger partial charge in [0.2, 0.25) is 0 Å². The van der Waals surface area contributed by atoms with Gasteiger partial charge in [-0.2, -0.15) is 0 Å². The third-order valence-electron chi connectivity index (χ3n) is 1.01. The van der Waals surface area contributed by atoms with Gasteiger partial charge >= 0.3 is 0 Å². The molecule has 1 rings (SSSR count). The molecule has 0 saturated carbocycles. The first-order chi connectivity index (χ1) is 3.79. The summed E-state index contributed by atoms with van der Waals surface area (Å²) >= 11 is 4.51. The van der Waals surface area contributed by atoms with Gasteiger partial charge in [0.15, 0.2) is 0 Å². The molecular formula is C6H6AlBr. The average molecular weight is 185 g/mol. The van der Waals surface area contributed by atoms with Crippen LogP contribution in [-0.4, -0.2) is 16.3 Å². The van der Waals surface area contributed by atoms with E-state index >= 15 is 0 Å². The fraction of sp³-hybridized carbons (Fsp3) is 0. The van der Waals surface area contributed by atoms with Crippen molar-refractivity contribution in [3.05, 3.63) is 28.7 Å². The van der Waals surface area contributed by atoms with Crippen LogP contribution >= 0.6 is 15.9 Å². The predicted molar refractivity (Wildman–Crippen MR) is 42.3 cm³/mol. The number of hydrogen-bond acceptors (Lipinski definition) is 0. The van der Waals surface area contributed by atoms with Crippen LogP contribution in [0.4, 0.5) is 0 Å². The van der Waals surface area contributed by atoms with Crippen molar-refractivity contribution in [2.24, 2.45) is 0 Å². The van der Waals surface area contributed by atoms with Crippen LogP contribution in [0.3, 0.4) is 0 Å². The summed E-state index contributed by atoms with van der Waals surface area (Å²) in [4.78, 5) is 0. The van der Waals surface area contributed by atoms with Crippen molar-refractivity contribution in [2.45, 2.75) is 0 Å². The third kappa shape index (κ3) is 1.63. The first-order valence-electron chi connectivity index (χ1n) is 2.51. The summed E-state index contributed by atoms with van der Waals surface area (Å²) in [5.41, 5.74) is 0. The molecule has 0 aliphatic heterocycles. The lowest BCUT2D eigenvalue weighted by molar-refractivity contribution is 1.70. The molecule has 0 heterocycles. The highest BCUT2D eigenvalue weighted by Gasteiger charge is 1.81. The van der Waals surface area contributed by atoms with Crippen LogP contribution in [0.2, 0.25) is 0 Å². The molecule has 0 atom stereocenters. The van der Waals surface area contributed by atoms with Gasteiger partial charge in [0, 0.05) is 4.47 Å². The summed E-state index contributed by atoms with van der Waals surface area (Å²) in [5.74, 6) is 0. The first-order valence-corrected chi connectivity index (χ1v) is 4.30. The minimum Gasteiger partial charge on any atom is -0.121 e. The van der Waals surface area contributed by atoms with E-state index in [1.165, 1.54) is 4.43 Å². The number of benzene rings is 1. The van der Waals surface area contributed by atoms with Crippen molar-refractivity contribution < 1.29 is 0 Å². The quantitative estimate of drug-likeness (QED) is 0.522. The van der Waals surface area contributed by atoms with Gasteiger partial charge in [-0.05, 0) is 12.1 Å². The summed E-state index contributed by atoms with van der Waals surface area (Å²) in [7, 11) is 0. The Morgan fingerprint density at radius 1 is 1.12 bits per heavy atom. The van der Waals surface area contributed by atoms with Crippen LogP contribution in [0.1, 0.15) is 0 Å². The van der Waals surface area contributed by atoms with Crippen LogP contribution in [0, 0.1) is 0 Å². The van der Waals surface area contributed by atoms with E-state index in [1.54, 1.807) is 0 Å². The Bertz CT molecular complexity index is 147. The molecule has 1 aromatic carbocycles. The minimum atomic E-state index is 1.15. The van der Waals surface area contributed by atoms with Crippen LogP contribution in [-0.2, 0) is 0 Å². The molecule has 0 radical (unpaired) electrons. The smallest absolute Gasteiger partial charge is 0.121 e. The van der Waals surface area contributed by atoms with Crippen LogP contribution < -0.4 is 4.43 Å². The van der Waals surface area contributed by atoms with E-state index in [4.69, 9.17) is 0 Å². The number of hydrogen-bond donors (Lipinski definition) is 0. The zero-order chi connectivity index (χ0) is 5.98. The van der Waals surface area contributed by atoms with Crippen molar-refractivity contribution in [3.8, 4) is 0 Å². The van der Waals surface area contributed by atoms with Gasteiger partial charge in [-0.25, -0.2) is 0 Å². The van der Waals surface area contributed by atoms with Crippen LogP contribution in [0.5, 0.6) is 0 Å². The molecule has 8 heavy (non-hydrogen) atoms. The highest BCUT2D eigenvalue weighted by Crippen LogP contribution is 2.04. The molecule has 1 aromatic rings. The molecule has 0 aliphatic rings. The zero-order valence-electron chi connectivity index (χ0n) is 4.69. The Labute approximate surface area is 65.5 Å². The molecule has 2 heteroatoms. The molecule has 0 aliphatic carbocycles. The van der Waals surface area contributed by atoms with Gasteiger partial charge in [0.25, 0.3) is 16.3 Å². The molecule has 0 unspecified atom stereocenters. The van der Waals surface area contributed by atoms with Crippen LogP contribution in [0.15, 0.2) is 28.7 Å². The van der Waals surface area contributed by atoms with Gasteiger partial charge in [-0.15, -0.1) is 4.43 Å². The summed E-state index contributed by atoms with van der Waals surface area (Å²) < 4.78 is 2.60. The van der Waals surface area contributed by atoms with Crippen molar-refractivity contribution >= 4 is 36.6 Å². The Balaban J connectivity index is 3.03. The molecule has 0 aromatic heterocycles. The summed E-state index contributed by atoms with van der Waals surface area (Å²) in [6.07, 6.45) is 0. The highest BCUT2D eigenvalue weighted by molar-refractivity contribution is 9.10. The van der Waals surface area contributed by atoms with Crippen molar-refractivity contribution in [1.29, 1.82) is 0 Å². The SMILES string of the molecule is [AlH2][c]1ccc(Br)cc1. The van der Waals surface area contributed by atoms with E-state index in [1.807, 2.05) is 0 Å². The van der Waals surface area contributed by atoms with E-state index in [2.05, 4.69) is 40.2 Å². The molecular weight excluding hydrogens is 179 g/mol. The lowest BCUT2D eigenvalue weighted by Gasteiger charge is -1.88. The average Bonchev–Trinajstić information content (AvgIpc) is 1.77. The first kappa shape index (κ1) is 6.35. The van der Waals surface area contributed by atoms with Crippen LogP contribution in [0.25, 0.3) is 0 Å². The second-order valence-corrected chi connectivity index (χ2v) is 3.87. The summed E-state index contributed by atoms with van der Waals surface area (Å²) in [5, 5.41) is 0. The lowest BCUT2D eigenvalue weighted by Crippen LogP contribution is -1.97. The van der Waals surface area contributed by atoms with Gasteiger partial charge < -0.3 is 0 Å². The second kappa shape index (κ2) is 2.68.